The van der Waals surface area contributed by atoms with Crippen molar-refractivity contribution in [1.29, 1.82) is 0 Å². The Kier molecular flexibility index (Phi) is 4.27. The third-order valence-electron chi connectivity index (χ3n) is 3.06. The smallest absolute Gasteiger partial charge is 0.159 e. The molecule has 1 N–H and O–H groups in total. The van der Waals surface area contributed by atoms with E-state index in [2.05, 4.69) is 5.32 Å². The molecule has 19 heavy (non-hydrogen) atoms. The molecule has 1 nitrogen and oxygen atoms in total. The van der Waals surface area contributed by atoms with Gasteiger partial charge in [-0.05, 0) is 42.3 Å². The summed E-state index contributed by atoms with van der Waals surface area (Å²) in [5, 5.41) is 3.25. The molecule has 0 aromatic heterocycles. The summed E-state index contributed by atoms with van der Waals surface area (Å²) in [6.07, 6.45) is 0. The molecule has 0 bridgehead atoms. The summed E-state index contributed by atoms with van der Waals surface area (Å²) in [5.41, 5.74) is 3.83. The van der Waals surface area contributed by atoms with E-state index >= 15 is 0 Å². The maximum Gasteiger partial charge on any atom is 0.159 e. The summed E-state index contributed by atoms with van der Waals surface area (Å²) in [7, 11) is 0. The highest BCUT2D eigenvalue weighted by Crippen LogP contribution is 2.26. The minimum absolute atomic E-state index is 0.704. The van der Waals surface area contributed by atoms with Gasteiger partial charge in [0, 0.05) is 6.54 Å². The number of hydrogen-bond acceptors (Lipinski definition) is 1. The van der Waals surface area contributed by atoms with Crippen molar-refractivity contribution >= 4 is 0 Å². The van der Waals surface area contributed by atoms with Crippen LogP contribution >= 0.6 is 0 Å². The molecule has 0 atom stereocenters. The zero-order valence-electron chi connectivity index (χ0n) is 11.1. The minimum Gasteiger partial charge on any atom is -0.313 e. The highest BCUT2D eigenvalue weighted by atomic mass is 19.2. The van der Waals surface area contributed by atoms with Crippen LogP contribution in [0.15, 0.2) is 36.4 Å². The highest BCUT2D eigenvalue weighted by Gasteiger charge is 2.08. The minimum atomic E-state index is -0.815. The average Bonchev–Trinajstić information content (AvgIpc) is 2.40. The molecule has 0 heterocycles. The van der Waals surface area contributed by atoms with Gasteiger partial charge in [0.15, 0.2) is 11.6 Å². The fourth-order valence-corrected chi connectivity index (χ4v) is 2.04. The largest absolute Gasteiger partial charge is 0.313 e. The Morgan fingerprint density at radius 2 is 1.79 bits per heavy atom. The van der Waals surface area contributed by atoms with Crippen molar-refractivity contribution in [2.24, 2.45) is 0 Å². The Bertz CT molecular complexity index is 579. The van der Waals surface area contributed by atoms with Gasteiger partial charge in [-0.2, -0.15) is 0 Å². The van der Waals surface area contributed by atoms with E-state index in [1.807, 2.05) is 32.0 Å². The molecule has 0 saturated heterocycles. The Labute approximate surface area is 112 Å². The number of rotatable bonds is 4. The van der Waals surface area contributed by atoms with Crippen LogP contribution in [0.5, 0.6) is 0 Å². The predicted molar refractivity (Wildman–Crippen MR) is 73.9 cm³/mol. The molecule has 0 saturated carbocycles. The third kappa shape index (κ3) is 3.18. The summed E-state index contributed by atoms with van der Waals surface area (Å²) >= 11 is 0. The van der Waals surface area contributed by atoms with Crippen LogP contribution in [0.4, 0.5) is 8.78 Å². The second kappa shape index (κ2) is 5.93. The molecule has 0 fully saturated rings. The normalized spacial score (nSPS) is 10.7. The van der Waals surface area contributed by atoms with Crippen molar-refractivity contribution < 1.29 is 8.78 Å². The molecule has 2 aromatic carbocycles. The number of benzene rings is 2. The average molecular weight is 261 g/mol. The molecule has 0 aliphatic heterocycles. The van der Waals surface area contributed by atoms with Gasteiger partial charge in [-0.25, -0.2) is 8.78 Å². The lowest BCUT2D eigenvalue weighted by molar-refractivity contribution is 0.509. The number of hydrogen-bond donors (Lipinski definition) is 1. The first kappa shape index (κ1) is 13.7. The van der Waals surface area contributed by atoms with Crippen LogP contribution in [0.25, 0.3) is 11.1 Å². The van der Waals surface area contributed by atoms with E-state index in [1.165, 1.54) is 12.1 Å². The number of nitrogens with one attached hydrogen (secondary N) is 1. The summed E-state index contributed by atoms with van der Waals surface area (Å²) in [5.74, 6) is -1.63. The van der Waals surface area contributed by atoms with Crippen molar-refractivity contribution in [3.63, 3.8) is 0 Å². The molecule has 2 aromatic rings. The third-order valence-corrected chi connectivity index (χ3v) is 3.06. The van der Waals surface area contributed by atoms with Crippen LogP contribution in [0, 0.1) is 18.6 Å². The van der Waals surface area contributed by atoms with Crippen LogP contribution in [0.1, 0.15) is 18.1 Å². The van der Waals surface area contributed by atoms with E-state index in [1.54, 1.807) is 6.07 Å². The van der Waals surface area contributed by atoms with Crippen LogP contribution in [-0.4, -0.2) is 6.54 Å². The van der Waals surface area contributed by atoms with Crippen LogP contribution in [0.2, 0.25) is 0 Å². The first-order chi connectivity index (χ1) is 9.11. The predicted octanol–water partition coefficient (Wildman–Crippen LogP) is 4.05. The maximum atomic E-state index is 13.4. The van der Waals surface area contributed by atoms with Gasteiger partial charge in [-0.1, -0.05) is 36.8 Å². The molecule has 2 rings (SSSR count). The first-order valence-corrected chi connectivity index (χ1v) is 6.37. The van der Waals surface area contributed by atoms with Crippen molar-refractivity contribution in [3.05, 3.63) is 59.2 Å². The lowest BCUT2D eigenvalue weighted by atomic mass is 9.97. The quantitative estimate of drug-likeness (QED) is 0.875. The molecule has 0 spiro atoms. The molecule has 0 amide bonds. The molecule has 0 aliphatic rings. The Balaban J connectivity index is 2.46. The Morgan fingerprint density at radius 1 is 1.00 bits per heavy atom. The van der Waals surface area contributed by atoms with Crippen molar-refractivity contribution in [1.82, 2.24) is 5.32 Å². The van der Waals surface area contributed by atoms with Crippen LogP contribution < -0.4 is 5.32 Å². The van der Waals surface area contributed by atoms with Crippen molar-refractivity contribution in [2.75, 3.05) is 6.54 Å². The zero-order chi connectivity index (χ0) is 13.8. The SMILES string of the molecule is CCNCc1ccc(C)cc1-c1ccc(F)c(F)c1. The summed E-state index contributed by atoms with van der Waals surface area (Å²) in [4.78, 5) is 0. The second-order valence-electron chi connectivity index (χ2n) is 4.57. The van der Waals surface area contributed by atoms with E-state index in [9.17, 15) is 8.78 Å². The van der Waals surface area contributed by atoms with E-state index in [-0.39, 0.29) is 0 Å². The van der Waals surface area contributed by atoms with E-state index in [0.29, 0.717) is 12.1 Å². The van der Waals surface area contributed by atoms with E-state index in [0.717, 1.165) is 23.2 Å². The standard InChI is InChI=1S/C16H17F2N/c1-3-19-10-13-5-4-11(2)8-14(13)12-6-7-15(17)16(18)9-12/h4-9,19H,3,10H2,1-2H3. The van der Waals surface area contributed by atoms with Crippen molar-refractivity contribution in [2.45, 2.75) is 20.4 Å². The van der Waals surface area contributed by atoms with Gasteiger partial charge in [0.1, 0.15) is 0 Å². The first-order valence-electron chi connectivity index (χ1n) is 6.37. The zero-order valence-corrected chi connectivity index (χ0v) is 11.1. The van der Waals surface area contributed by atoms with Gasteiger partial charge >= 0.3 is 0 Å². The maximum absolute atomic E-state index is 13.4. The molecule has 100 valence electrons. The summed E-state index contributed by atoms with van der Waals surface area (Å²) in [6, 6.07) is 10.1. The van der Waals surface area contributed by atoms with Gasteiger partial charge in [0.25, 0.3) is 0 Å². The molecule has 0 radical (unpaired) electrons. The van der Waals surface area contributed by atoms with E-state index < -0.39 is 11.6 Å². The topological polar surface area (TPSA) is 12.0 Å². The van der Waals surface area contributed by atoms with Gasteiger partial charge in [-0.15, -0.1) is 0 Å². The number of aryl methyl sites for hydroxylation is 1. The second-order valence-corrected chi connectivity index (χ2v) is 4.57. The molecular weight excluding hydrogens is 244 g/mol. The van der Waals surface area contributed by atoms with Gasteiger partial charge in [0.2, 0.25) is 0 Å². The van der Waals surface area contributed by atoms with Crippen LogP contribution in [0.3, 0.4) is 0 Å². The molecule has 0 aliphatic carbocycles. The fourth-order valence-electron chi connectivity index (χ4n) is 2.04. The van der Waals surface area contributed by atoms with Crippen molar-refractivity contribution in [3.8, 4) is 11.1 Å². The van der Waals surface area contributed by atoms with Gasteiger partial charge in [-0.3, -0.25) is 0 Å². The van der Waals surface area contributed by atoms with Gasteiger partial charge in [0.05, 0.1) is 0 Å². The van der Waals surface area contributed by atoms with Crippen LogP contribution in [-0.2, 0) is 6.54 Å². The fraction of sp³-hybridized carbons (Fsp3) is 0.250. The Hall–Kier alpha value is -1.74. The molecular formula is C16H17F2N. The molecule has 3 heteroatoms. The van der Waals surface area contributed by atoms with Gasteiger partial charge < -0.3 is 5.32 Å². The summed E-state index contributed by atoms with van der Waals surface area (Å²) < 4.78 is 26.4. The monoisotopic (exact) mass is 261 g/mol. The lowest BCUT2D eigenvalue weighted by Crippen LogP contribution is -2.12. The molecule has 0 unspecified atom stereocenters. The summed E-state index contributed by atoms with van der Waals surface area (Å²) in [6.45, 7) is 5.60. The van der Waals surface area contributed by atoms with E-state index in [4.69, 9.17) is 0 Å². The lowest BCUT2D eigenvalue weighted by Gasteiger charge is -2.12. The number of halogens is 2. The Morgan fingerprint density at radius 3 is 2.47 bits per heavy atom. The highest BCUT2D eigenvalue weighted by molar-refractivity contribution is 5.68.